The fraction of sp³-hybridized carbons (Fsp3) is 0.333. The van der Waals surface area contributed by atoms with E-state index in [-0.39, 0.29) is 4.75 Å². The third-order valence-electron chi connectivity index (χ3n) is 1.55. The van der Waals surface area contributed by atoms with Crippen molar-refractivity contribution in [3.05, 3.63) is 34.9 Å². The lowest BCUT2D eigenvalue weighted by Crippen LogP contribution is -2.06. The zero-order valence-corrected chi connectivity index (χ0v) is 8.28. The Morgan fingerprint density at radius 2 is 1.64 bits per heavy atom. The molecule has 60 valence electrons. The fourth-order valence-electron chi connectivity index (χ4n) is 0.858. The van der Waals surface area contributed by atoms with Gasteiger partial charge in [-0.25, -0.2) is 0 Å². The van der Waals surface area contributed by atoms with Gasteiger partial charge in [0.1, 0.15) is 0 Å². The predicted molar refractivity (Wildman–Crippen MR) is 53.5 cm³/mol. The Bertz CT molecular complexity index is 233. The zero-order chi connectivity index (χ0) is 8.48. The monoisotopic (exact) mass is 186 g/mol. The lowest BCUT2D eigenvalue weighted by atomic mass is 10.0. The van der Waals surface area contributed by atoms with Gasteiger partial charge < -0.3 is 0 Å². The molecule has 0 unspecified atom stereocenters. The normalized spacial score (nSPS) is 11.6. The van der Waals surface area contributed by atoms with Crippen LogP contribution in [0.4, 0.5) is 0 Å². The molecule has 0 amide bonds. The number of thiol groups is 1. The Hall–Kier alpha value is -0.140. The van der Waals surface area contributed by atoms with Crippen molar-refractivity contribution >= 4 is 24.2 Å². The highest BCUT2D eigenvalue weighted by Crippen LogP contribution is 2.27. The second kappa shape index (κ2) is 3.08. The van der Waals surface area contributed by atoms with Gasteiger partial charge in [0.25, 0.3) is 0 Å². The molecule has 0 aromatic heterocycles. The van der Waals surface area contributed by atoms with Crippen molar-refractivity contribution in [3.63, 3.8) is 0 Å². The largest absolute Gasteiger partial charge is 0.168 e. The molecule has 11 heavy (non-hydrogen) atoms. The quantitative estimate of drug-likeness (QED) is 0.638. The molecule has 0 atom stereocenters. The molecule has 0 bridgehead atoms. The first-order valence-electron chi connectivity index (χ1n) is 3.48. The molecule has 0 fully saturated rings. The van der Waals surface area contributed by atoms with Gasteiger partial charge in [-0.1, -0.05) is 23.7 Å². The smallest absolute Gasteiger partial charge is 0.0406 e. The van der Waals surface area contributed by atoms with Crippen LogP contribution in [0.25, 0.3) is 0 Å². The van der Waals surface area contributed by atoms with Gasteiger partial charge in [-0.15, -0.1) is 0 Å². The topological polar surface area (TPSA) is 0 Å². The number of benzene rings is 1. The number of halogens is 1. The molecule has 0 spiro atoms. The average molecular weight is 187 g/mol. The SMILES string of the molecule is CC(C)(S)c1ccc(Cl)cc1. The first kappa shape index (κ1) is 8.95. The van der Waals surface area contributed by atoms with Crippen LogP contribution >= 0.6 is 24.2 Å². The minimum absolute atomic E-state index is 0.0788. The summed E-state index contributed by atoms with van der Waals surface area (Å²) >= 11 is 10.2. The standard InChI is InChI=1S/C9H11ClS/c1-9(2,11)7-3-5-8(10)6-4-7/h3-6,11H,1-2H3. The van der Waals surface area contributed by atoms with E-state index in [1.54, 1.807) is 0 Å². The summed E-state index contributed by atoms with van der Waals surface area (Å²) in [5, 5.41) is 0.770. The third-order valence-corrected chi connectivity index (χ3v) is 2.06. The highest BCUT2D eigenvalue weighted by molar-refractivity contribution is 7.81. The van der Waals surface area contributed by atoms with Crippen molar-refractivity contribution in [2.24, 2.45) is 0 Å². The van der Waals surface area contributed by atoms with E-state index in [0.717, 1.165) is 5.02 Å². The van der Waals surface area contributed by atoms with Crippen LogP contribution in [0.2, 0.25) is 5.02 Å². The van der Waals surface area contributed by atoms with Crippen LogP contribution < -0.4 is 0 Å². The number of hydrogen-bond donors (Lipinski definition) is 1. The average Bonchev–Trinajstić information content (AvgIpc) is 1.86. The van der Waals surface area contributed by atoms with Gasteiger partial charge in [0.15, 0.2) is 0 Å². The van der Waals surface area contributed by atoms with Crippen LogP contribution in [-0.2, 0) is 4.75 Å². The van der Waals surface area contributed by atoms with Gasteiger partial charge in [-0.05, 0) is 31.5 Å². The minimum atomic E-state index is -0.0788. The van der Waals surface area contributed by atoms with Gasteiger partial charge >= 0.3 is 0 Å². The summed E-state index contributed by atoms with van der Waals surface area (Å²) < 4.78 is -0.0788. The molecular weight excluding hydrogens is 176 g/mol. The fourth-order valence-corrected chi connectivity index (χ4v) is 1.13. The van der Waals surface area contributed by atoms with Crippen LogP contribution in [0.1, 0.15) is 19.4 Å². The predicted octanol–water partition coefficient (Wildman–Crippen LogP) is 3.50. The lowest BCUT2D eigenvalue weighted by Gasteiger charge is -2.17. The van der Waals surface area contributed by atoms with Gasteiger partial charge in [-0.2, -0.15) is 12.6 Å². The first-order valence-corrected chi connectivity index (χ1v) is 4.31. The van der Waals surface area contributed by atoms with E-state index < -0.39 is 0 Å². The van der Waals surface area contributed by atoms with Gasteiger partial charge in [-0.3, -0.25) is 0 Å². The summed E-state index contributed by atoms with van der Waals surface area (Å²) in [7, 11) is 0. The molecule has 0 saturated carbocycles. The molecule has 1 aromatic carbocycles. The molecule has 2 heteroatoms. The van der Waals surface area contributed by atoms with E-state index in [4.69, 9.17) is 11.6 Å². The van der Waals surface area contributed by atoms with E-state index in [2.05, 4.69) is 26.5 Å². The van der Waals surface area contributed by atoms with Crippen LogP contribution in [0, 0.1) is 0 Å². The highest BCUT2D eigenvalue weighted by Gasteiger charge is 2.13. The Labute approximate surface area is 78.0 Å². The maximum absolute atomic E-state index is 5.74. The van der Waals surface area contributed by atoms with Crippen molar-refractivity contribution in [3.8, 4) is 0 Å². The van der Waals surface area contributed by atoms with Gasteiger partial charge in [0.2, 0.25) is 0 Å². The van der Waals surface area contributed by atoms with Crippen LogP contribution in [0.15, 0.2) is 24.3 Å². The van der Waals surface area contributed by atoms with Crippen molar-refractivity contribution in [2.75, 3.05) is 0 Å². The Morgan fingerprint density at radius 3 is 2.00 bits per heavy atom. The molecule has 0 aliphatic rings. The van der Waals surface area contributed by atoms with Crippen molar-refractivity contribution in [2.45, 2.75) is 18.6 Å². The van der Waals surface area contributed by atoms with Gasteiger partial charge in [0, 0.05) is 9.77 Å². The molecule has 0 saturated heterocycles. The van der Waals surface area contributed by atoms with E-state index in [9.17, 15) is 0 Å². The second-order valence-electron chi connectivity index (χ2n) is 3.07. The summed E-state index contributed by atoms with van der Waals surface area (Å²) in [4.78, 5) is 0. The minimum Gasteiger partial charge on any atom is -0.168 e. The highest BCUT2D eigenvalue weighted by atomic mass is 35.5. The van der Waals surface area contributed by atoms with Crippen molar-refractivity contribution in [1.29, 1.82) is 0 Å². The zero-order valence-electron chi connectivity index (χ0n) is 6.63. The summed E-state index contributed by atoms with van der Waals surface area (Å²) in [5.74, 6) is 0. The second-order valence-corrected chi connectivity index (χ2v) is 4.62. The number of hydrogen-bond acceptors (Lipinski definition) is 1. The Kier molecular flexibility index (Phi) is 2.50. The Morgan fingerprint density at radius 1 is 1.18 bits per heavy atom. The molecular formula is C9H11ClS. The Balaban J connectivity index is 2.99. The maximum Gasteiger partial charge on any atom is 0.0406 e. The lowest BCUT2D eigenvalue weighted by molar-refractivity contribution is 0.791. The molecule has 0 N–H and O–H groups in total. The molecule has 0 aliphatic heterocycles. The summed E-state index contributed by atoms with van der Waals surface area (Å²) in [5.41, 5.74) is 1.19. The van der Waals surface area contributed by atoms with E-state index in [1.165, 1.54) is 5.56 Å². The molecule has 0 radical (unpaired) electrons. The molecule has 0 aliphatic carbocycles. The van der Waals surface area contributed by atoms with Crippen molar-refractivity contribution < 1.29 is 0 Å². The van der Waals surface area contributed by atoms with Gasteiger partial charge in [0.05, 0.1) is 0 Å². The van der Waals surface area contributed by atoms with E-state index in [0.29, 0.717) is 0 Å². The van der Waals surface area contributed by atoms with Crippen LogP contribution in [-0.4, -0.2) is 0 Å². The molecule has 0 nitrogen and oxygen atoms in total. The summed E-state index contributed by atoms with van der Waals surface area (Å²) in [6.07, 6.45) is 0. The van der Waals surface area contributed by atoms with E-state index in [1.807, 2.05) is 24.3 Å². The third kappa shape index (κ3) is 2.42. The maximum atomic E-state index is 5.74. The van der Waals surface area contributed by atoms with Crippen LogP contribution in [0.3, 0.4) is 0 Å². The van der Waals surface area contributed by atoms with E-state index >= 15 is 0 Å². The molecule has 1 rings (SSSR count). The van der Waals surface area contributed by atoms with Crippen molar-refractivity contribution in [1.82, 2.24) is 0 Å². The van der Waals surface area contributed by atoms with Crippen LogP contribution in [0.5, 0.6) is 0 Å². The molecule has 0 heterocycles. The summed E-state index contributed by atoms with van der Waals surface area (Å²) in [6, 6.07) is 7.76. The number of rotatable bonds is 1. The first-order chi connectivity index (χ1) is 5.00. The summed E-state index contributed by atoms with van der Waals surface area (Å²) in [6.45, 7) is 4.11. The molecule has 1 aromatic rings.